The van der Waals surface area contributed by atoms with Gasteiger partial charge >= 0.3 is 0 Å². The van der Waals surface area contributed by atoms with E-state index in [4.69, 9.17) is 16.1 Å². The third-order valence-electron chi connectivity index (χ3n) is 3.71. The second-order valence-corrected chi connectivity index (χ2v) is 7.79. The van der Waals surface area contributed by atoms with Crippen LogP contribution in [0.3, 0.4) is 0 Å². The number of halogens is 1. The lowest BCUT2D eigenvalue weighted by Gasteiger charge is -2.23. The Labute approximate surface area is 152 Å². The first-order chi connectivity index (χ1) is 11.6. The van der Waals surface area contributed by atoms with Crippen LogP contribution in [0.1, 0.15) is 23.9 Å². The molecule has 1 N–H and O–H groups in total. The molecule has 0 spiro atoms. The van der Waals surface area contributed by atoms with Crippen LogP contribution >= 0.6 is 11.6 Å². The van der Waals surface area contributed by atoms with E-state index in [-0.39, 0.29) is 29.7 Å². The average molecular weight is 386 g/mol. The van der Waals surface area contributed by atoms with Gasteiger partial charge in [0.1, 0.15) is 10.6 Å². The number of hydrogen-bond acceptors (Lipinski definition) is 5. The van der Waals surface area contributed by atoms with Crippen LogP contribution in [-0.4, -0.2) is 32.6 Å². The van der Waals surface area contributed by atoms with Gasteiger partial charge in [-0.15, -0.1) is 0 Å². The molecule has 136 valence electrons. The largest absolute Gasteiger partial charge is 0.360 e. The molecule has 2 rings (SSSR count). The maximum atomic E-state index is 12.4. The highest BCUT2D eigenvalue weighted by molar-refractivity contribution is 7.89. The number of amides is 1. The van der Waals surface area contributed by atoms with E-state index in [1.807, 2.05) is 13.0 Å². The van der Waals surface area contributed by atoms with E-state index >= 15 is 0 Å². The standard InChI is InChI=1S/C16H20ClN3O4S/c1-10-5-6-14(17)9-15(10)20(13(4)21)8-7-18-25(22,23)16-11(2)19-24-12(16)3/h5-6,9,18H,7-8H2,1-4H3. The lowest BCUT2D eigenvalue weighted by molar-refractivity contribution is -0.116. The first-order valence-corrected chi connectivity index (χ1v) is 9.46. The summed E-state index contributed by atoms with van der Waals surface area (Å²) >= 11 is 6.01. The summed E-state index contributed by atoms with van der Waals surface area (Å²) in [5, 5.41) is 4.15. The lowest BCUT2D eigenvalue weighted by atomic mass is 10.2. The summed E-state index contributed by atoms with van der Waals surface area (Å²) in [6.45, 7) is 6.57. The fourth-order valence-electron chi connectivity index (χ4n) is 2.54. The van der Waals surface area contributed by atoms with Crippen molar-refractivity contribution in [2.45, 2.75) is 32.6 Å². The summed E-state index contributed by atoms with van der Waals surface area (Å²) in [4.78, 5) is 13.5. The Morgan fingerprint density at radius 2 is 2.00 bits per heavy atom. The third kappa shape index (κ3) is 4.39. The number of carbonyl (C=O) groups is 1. The van der Waals surface area contributed by atoms with Crippen molar-refractivity contribution in [2.75, 3.05) is 18.0 Å². The Morgan fingerprint density at radius 1 is 1.32 bits per heavy atom. The second-order valence-electron chi connectivity index (χ2n) is 5.65. The number of aromatic nitrogens is 1. The van der Waals surface area contributed by atoms with Crippen molar-refractivity contribution in [3.05, 3.63) is 40.2 Å². The van der Waals surface area contributed by atoms with Crippen molar-refractivity contribution < 1.29 is 17.7 Å². The van der Waals surface area contributed by atoms with Gasteiger partial charge in [-0.1, -0.05) is 22.8 Å². The van der Waals surface area contributed by atoms with Gasteiger partial charge in [0.15, 0.2) is 5.76 Å². The van der Waals surface area contributed by atoms with Crippen molar-refractivity contribution in [3.63, 3.8) is 0 Å². The molecule has 9 heteroatoms. The van der Waals surface area contributed by atoms with Crippen LogP contribution in [0.15, 0.2) is 27.6 Å². The quantitative estimate of drug-likeness (QED) is 0.824. The Balaban J connectivity index is 2.15. The van der Waals surface area contributed by atoms with E-state index in [9.17, 15) is 13.2 Å². The summed E-state index contributed by atoms with van der Waals surface area (Å²) in [7, 11) is -3.77. The molecule has 7 nitrogen and oxygen atoms in total. The van der Waals surface area contributed by atoms with E-state index < -0.39 is 10.0 Å². The first kappa shape index (κ1) is 19.4. The van der Waals surface area contributed by atoms with Gasteiger partial charge in [-0.05, 0) is 38.5 Å². The maximum Gasteiger partial charge on any atom is 0.246 e. The van der Waals surface area contributed by atoms with E-state index in [1.165, 1.54) is 18.7 Å². The fraction of sp³-hybridized carbons (Fsp3) is 0.375. The molecule has 1 heterocycles. The van der Waals surface area contributed by atoms with Gasteiger partial charge in [-0.3, -0.25) is 4.79 Å². The Hall–Kier alpha value is -1.90. The fourth-order valence-corrected chi connectivity index (χ4v) is 4.06. The van der Waals surface area contributed by atoms with Gasteiger partial charge < -0.3 is 9.42 Å². The number of carbonyl (C=O) groups excluding carboxylic acids is 1. The van der Waals surface area contributed by atoms with Crippen molar-refractivity contribution in [1.29, 1.82) is 0 Å². The topological polar surface area (TPSA) is 92.5 Å². The molecule has 0 radical (unpaired) electrons. The zero-order valence-electron chi connectivity index (χ0n) is 14.5. The molecule has 0 saturated carbocycles. The van der Waals surface area contributed by atoms with Gasteiger partial charge in [0.25, 0.3) is 0 Å². The molecule has 2 aromatic rings. The number of aryl methyl sites for hydroxylation is 3. The predicted octanol–water partition coefficient (Wildman–Crippen LogP) is 2.58. The highest BCUT2D eigenvalue weighted by Crippen LogP contribution is 2.24. The van der Waals surface area contributed by atoms with Gasteiger partial charge in [0.2, 0.25) is 15.9 Å². The van der Waals surface area contributed by atoms with Gasteiger partial charge in [-0.2, -0.15) is 0 Å². The van der Waals surface area contributed by atoms with Crippen molar-refractivity contribution in [1.82, 2.24) is 9.88 Å². The maximum absolute atomic E-state index is 12.4. The molecule has 0 unspecified atom stereocenters. The molecule has 0 aliphatic carbocycles. The normalized spacial score (nSPS) is 11.6. The number of rotatable bonds is 6. The Bertz CT molecular complexity index is 873. The van der Waals surface area contributed by atoms with Crippen LogP contribution in [0.5, 0.6) is 0 Å². The third-order valence-corrected chi connectivity index (χ3v) is 5.65. The van der Waals surface area contributed by atoms with Crippen LogP contribution in [0, 0.1) is 20.8 Å². The molecule has 0 saturated heterocycles. The summed E-state index contributed by atoms with van der Waals surface area (Å²) < 4.78 is 32.2. The Kier molecular flexibility index (Phi) is 5.87. The molecule has 1 aromatic heterocycles. The van der Waals surface area contributed by atoms with Crippen LogP contribution in [0.25, 0.3) is 0 Å². The summed E-state index contributed by atoms with van der Waals surface area (Å²) in [6, 6.07) is 5.22. The predicted molar refractivity (Wildman–Crippen MR) is 95.4 cm³/mol. The number of hydrogen-bond donors (Lipinski definition) is 1. The van der Waals surface area contributed by atoms with E-state index in [1.54, 1.807) is 19.1 Å². The monoisotopic (exact) mass is 385 g/mol. The van der Waals surface area contributed by atoms with Gasteiger partial charge in [-0.25, -0.2) is 13.1 Å². The van der Waals surface area contributed by atoms with E-state index in [0.29, 0.717) is 16.4 Å². The highest BCUT2D eigenvalue weighted by atomic mass is 35.5. The number of nitrogens with one attached hydrogen (secondary N) is 1. The SMILES string of the molecule is CC(=O)N(CCNS(=O)(=O)c1c(C)noc1C)c1cc(Cl)ccc1C. The lowest BCUT2D eigenvalue weighted by Crippen LogP contribution is -2.38. The van der Waals surface area contributed by atoms with Crippen LogP contribution in [0.2, 0.25) is 5.02 Å². The van der Waals surface area contributed by atoms with Crippen LogP contribution in [0.4, 0.5) is 5.69 Å². The van der Waals surface area contributed by atoms with Crippen LogP contribution in [-0.2, 0) is 14.8 Å². The molecule has 0 aliphatic heterocycles. The molecule has 0 atom stereocenters. The average Bonchev–Trinajstić information content (AvgIpc) is 2.86. The zero-order valence-corrected chi connectivity index (χ0v) is 16.0. The van der Waals surface area contributed by atoms with Crippen LogP contribution < -0.4 is 9.62 Å². The molecule has 25 heavy (non-hydrogen) atoms. The number of sulfonamides is 1. The van der Waals surface area contributed by atoms with Crippen molar-refractivity contribution in [3.8, 4) is 0 Å². The molecule has 1 aromatic carbocycles. The summed E-state index contributed by atoms with van der Waals surface area (Å²) in [6.07, 6.45) is 0. The van der Waals surface area contributed by atoms with Gasteiger partial charge in [0, 0.05) is 30.7 Å². The molecular weight excluding hydrogens is 366 g/mol. The zero-order chi connectivity index (χ0) is 18.8. The number of nitrogens with zero attached hydrogens (tertiary/aromatic N) is 2. The summed E-state index contributed by atoms with van der Waals surface area (Å²) in [5.74, 6) is 0.0148. The molecular formula is C16H20ClN3O4S. The van der Waals surface area contributed by atoms with Crippen molar-refractivity contribution in [2.24, 2.45) is 0 Å². The minimum Gasteiger partial charge on any atom is -0.360 e. The minimum atomic E-state index is -3.77. The summed E-state index contributed by atoms with van der Waals surface area (Å²) in [5.41, 5.74) is 1.81. The van der Waals surface area contributed by atoms with Gasteiger partial charge in [0.05, 0.1) is 0 Å². The number of benzene rings is 1. The van der Waals surface area contributed by atoms with Crippen molar-refractivity contribution >= 4 is 33.2 Å². The smallest absolute Gasteiger partial charge is 0.246 e. The second kappa shape index (κ2) is 7.55. The molecule has 0 aliphatic rings. The first-order valence-electron chi connectivity index (χ1n) is 7.60. The highest BCUT2D eigenvalue weighted by Gasteiger charge is 2.24. The van der Waals surface area contributed by atoms with E-state index in [0.717, 1.165) is 5.56 Å². The molecule has 0 bridgehead atoms. The molecule has 0 fully saturated rings. The Morgan fingerprint density at radius 3 is 2.56 bits per heavy atom. The molecule has 1 amide bonds. The minimum absolute atomic E-state index is 0.0285. The number of anilines is 1. The van der Waals surface area contributed by atoms with E-state index in [2.05, 4.69) is 9.88 Å².